The minimum Gasteiger partial charge on any atom is -0.338 e. The van der Waals surface area contributed by atoms with Gasteiger partial charge in [0.25, 0.3) is 5.91 Å². The molecule has 0 saturated carbocycles. The van der Waals surface area contributed by atoms with E-state index >= 15 is 0 Å². The summed E-state index contributed by atoms with van der Waals surface area (Å²) < 4.78 is 2.90. The van der Waals surface area contributed by atoms with Crippen LogP contribution in [0.25, 0.3) is 5.69 Å². The molecular weight excluding hydrogens is 404 g/mol. The summed E-state index contributed by atoms with van der Waals surface area (Å²) in [4.78, 5) is 14.9. The zero-order valence-electron chi connectivity index (χ0n) is 14.5. The maximum Gasteiger partial charge on any atom is 0.257 e. The molecule has 2 aromatic rings. The maximum atomic E-state index is 12.9. The number of piperidine rings is 1. The fourth-order valence-electron chi connectivity index (χ4n) is 3.24. The Labute approximate surface area is 163 Å². The van der Waals surface area contributed by atoms with Crippen molar-refractivity contribution in [2.75, 3.05) is 20.1 Å². The van der Waals surface area contributed by atoms with Gasteiger partial charge >= 0.3 is 0 Å². The van der Waals surface area contributed by atoms with Gasteiger partial charge in [-0.15, -0.1) is 12.4 Å². The molecule has 1 aromatic heterocycles. The first kappa shape index (κ1) is 19.9. The van der Waals surface area contributed by atoms with Crippen LogP contribution >= 0.6 is 28.3 Å². The molecule has 0 spiro atoms. The quantitative estimate of drug-likeness (QED) is 0.813. The molecule has 0 radical (unpaired) electrons. The highest BCUT2D eigenvalue weighted by Gasteiger charge is 2.26. The number of aromatic nitrogens is 2. The van der Waals surface area contributed by atoms with Crippen molar-refractivity contribution in [1.82, 2.24) is 20.0 Å². The summed E-state index contributed by atoms with van der Waals surface area (Å²) in [5, 5.41) is 7.77. The molecule has 1 amide bonds. The smallest absolute Gasteiger partial charge is 0.257 e. The van der Waals surface area contributed by atoms with Crippen LogP contribution in [-0.2, 0) is 6.42 Å². The molecule has 0 aliphatic carbocycles. The molecule has 0 atom stereocenters. The Hall–Kier alpha value is -1.37. The summed E-state index contributed by atoms with van der Waals surface area (Å²) in [5.74, 6) is 0.102. The third-order valence-electron chi connectivity index (χ3n) is 4.70. The number of likely N-dealkylation sites (tertiary alicyclic amines) is 1. The van der Waals surface area contributed by atoms with E-state index < -0.39 is 0 Å². The highest BCUT2D eigenvalue weighted by Crippen LogP contribution is 2.21. The first-order valence-electron chi connectivity index (χ1n) is 8.43. The molecule has 1 aliphatic rings. The lowest BCUT2D eigenvalue weighted by Gasteiger charge is -2.31. The van der Waals surface area contributed by atoms with Gasteiger partial charge in [-0.25, -0.2) is 4.68 Å². The first-order chi connectivity index (χ1) is 11.6. The van der Waals surface area contributed by atoms with E-state index in [4.69, 9.17) is 0 Å². The highest BCUT2D eigenvalue weighted by atomic mass is 79.9. The Morgan fingerprint density at radius 1 is 1.28 bits per heavy atom. The van der Waals surface area contributed by atoms with Gasteiger partial charge in [-0.2, -0.15) is 5.10 Å². The second-order valence-electron chi connectivity index (χ2n) is 6.10. The van der Waals surface area contributed by atoms with Gasteiger partial charge in [0.1, 0.15) is 0 Å². The molecule has 1 aliphatic heterocycles. The van der Waals surface area contributed by atoms with Crippen LogP contribution in [-0.4, -0.2) is 46.8 Å². The van der Waals surface area contributed by atoms with Crippen molar-refractivity contribution in [3.63, 3.8) is 0 Å². The lowest BCUT2D eigenvalue weighted by Crippen LogP contribution is -2.44. The topological polar surface area (TPSA) is 50.2 Å². The summed E-state index contributed by atoms with van der Waals surface area (Å²) in [7, 11) is 1.99. The average Bonchev–Trinajstić information content (AvgIpc) is 3.05. The number of rotatable bonds is 4. The molecule has 1 aromatic carbocycles. The van der Waals surface area contributed by atoms with Gasteiger partial charge in [0.15, 0.2) is 0 Å². The van der Waals surface area contributed by atoms with Gasteiger partial charge in [0, 0.05) is 23.6 Å². The number of nitrogens with one attached hydrogen (secondary N) is 1. The summed E-state index contributed by atoms with van der Waals surface area (Å²) in [6.45, 7) is 3.67. The Morgan fingerprint density at radius 2 is 1.92 bits per heavy atom. The van der Waals surface area contributed by atoms with E-state index in [1.54, 1.807) is 6.20 Å². The Kier molecular flexibility index (Phi) is 7.04. The van der Waals surface area contributed by atoms with Crippen LogP contribution in [0.4, 0.5) is 0 Å². The molecule has 0 unspecified atom stereocenters. The fourth-order valence-corrected chi connectivity index (χ4v) is 3.50. The second kappa shape index (κ2) is 8.83. The first-order valence-corrected chi connectivity index (χ1v) is 9.22. The molecule has 1 saturated heterocycles. The van der Waals surface area contributed by atoms with Crippen molar-refractivity contribution in [3.05, 3.63) is 46.2 Å². The van der Waals surface area contributed by atoms with Crippen molar-refractivity contribution in [2.45, 2.75) is 32.2 Å². The third-order valence-corrected chi connectivity index (χ3v) is 5.22. The lowest BCUT2D eigenvalue weighted by atomic mass is 10.0. The van der Waals surface area contributed by atoms with E-state index in [0.717, 1.165) is 53.8 Å². The van der Waals surface area contributed by atoms with Crippen molar-refractivity contribution in [1.29, 1.82) is 0 Å². The van der Waals surface area contributed by atoms with E-state index in [-0.39, 0.29) is 18.3 Å². The summed E-state index contributed by atoms with van der Waals surface area (Å²) in [6.07, 6.45) is 4.49. The van der Waals surface area contributed by atoms with Crippen LogP contribution in [0.2, 0.25) is 0 Å². The monoisotopic (exact) mass is 426 g/mol. The van der Waals surface area contributed by atoms with Gasteiger partial charge in [0.2, 0.25) is 0 Å². The van der Waals surface area contributed by atoms with Gasteiger partial charge in [0.05, 0.1) is 23.1 Å². The Bertz CT molecular complexity index is 708. The van der Waals surface area contributed by atoms with Gasteiger partial charge < -0.3 is 10.2 Å². The van der Waals surface area contributed by atoms with Crippen LogP contribution in [0.1, 0.15) is 35.8 Å². The zero-order valence-corrected chi connectivity index (χ0v) is 16.9. The van der Waals surface area contributed by atoms with E-state index in [2.05, 4.69) is 33.3 Å². The molecule has 3 rings (SSSR count). The zero-order chi connectivity index (χ0) is 17.1. The number of carbonyl (C=O) groups is 1. The number of benzene rings is 1. The number of carbonyl (C=O) groups excluding carboxylic acids is 1. The van der Waals surface area contributed by atoms with E-state index in [1.807, 2.05) is 40.9 Å². The van der Waals surface area contributed by atoms with Gasteiger partial charge in [-0.1, -0.05) is 22.9 Å². The second-order valence-corrected chi connectivity index (χ2v) is 7.02. The van der Waals surface area contributed by atoms with Crippen molar-refractivity contribution in [2.24, 2.45) is 0 Å². The van der Waals surface area contributed by atoms with E-state index in [9.17, 15) is 4.79 Å². The predicted molar refractivity (Wildman–Crippen MR) is 106 cm³/mol. The number of nitrogens with zero attached hydrogens (tertiary/aromatic N) is 3. The average molecular weight is 428 g/mol. The molecule has 5 nitrogen and oxygen atoms in total. The molecule has 0 bridgehead atoms. The molecule has 7 heteroatoms. The van der Waals surface area contributed by atoms with E-state index in [0.29, 0.717) is 6.04 Å². The molecular formula is C18H24BrClN4O. The normalized spacial score (nSPS) is 15.1. The van der Waals surface area contributed by atoms with Crippen molar-refractivity contribution >= 4 is 34.2 Å². The van der Waals surface area contributed by atoms with Gasteiger partial charge in [-0.05, 0) is 50.6 Å². The summed E-state index contributed by atoms with van der Waals surface area (Å²) >= 11 is 3.45. The third kappa shape index (κ3) is 4.25. The Balaban J connectivity index is 0.00000225. The number of amides is 1. The Morgan fingerprint density at radius 3 is 2.48 bits per heavy atom. The lowest BCUT2D eigenvalue weighted by molar-refractivity contribution is 0.0706. The highest BCUT2D eigenvalue weighted by molar-refractivity contribution is 9.10. The minimum atomic E-state index is 0. The van der Waals surface area contributed by atoms with Crippen molar-refractivity contribution < 1.29 is 4.79 Å². The summed E-state index contributed by atoms with van der Waals surface area (Å²) in [5.41, 5.74) is 2.67. The van der Waals surface area contributed by atoms with Crippen LogP contribution < -0.4 is 5.32 Å². The number of hydrogen-bond acceptors (Lipinski definition) is 3. The standard InChI is InChI=1S/C18H23BrN4O.ClH/c1-3-17-16(18(24)22-10-8-14(20-2)9-11-22)12-21-23(17)15-6-4-13(19)5-7-15;/h4-7,12,14,20H,3,8-11H2,1-2H3;1H. The largest absolute Gasteiger partial charge is 0.338 e. The molecule has 2 heterocycles. The molecule has 25 heavy (non-hydrogen) atoms. The van der Waals surface area contributed by atoms with E-state index in [1.165, 1.54) is 0 Å². The van der Waals surface area contributed by atoms with Crippen LogP contribution in [0, 0.1) is 0 Å². The molecule has 1 fully saturated rings. The molecule has 136 valence electrons. The van der Waals surface area contributed by atoms with Crippen LogP contribution in [0.15, 0.2) is 34.9 Å². The molecule has 1 N–H and O–H groups in total. The van der Waals surface area contributed by atoms with Crippen molar-refractivity contribution in [3.8, 4) is 5.69 Å². The van der Waals surface area contributed by atoms with Crippen LogP contribution in [0.3, 0.4) is 0 Å². The van der Waals surface area contributed by atoms with Crippen LogP contribution in [0.5, 0.6) is 0 Å². The van der Waals surface area contributed by atoms with Gasteiger partial charge in [-0.3, -0.25) is 4.79 Å². The number of halogens is 2. The maximum absolute atomic E-state index is 12.9. The predicted octanol–water partition coefficient (Wildman–Crippen LogP) is 3.44. The fraction of sp³-hybridized carbons (Fsp3) is 0.444. The SMILES string of the molecule is CCc1c(C(=O)N2CCC(NC)CC2)cnn1-c1ccc(Br)cc1.Cl. The number of hydrogen-bond donors (Lipinski definition) is 1. The summed E-state index contributed by atoms with van der Waals surface area (Å²) in [6, 6.07) is 8.50. The minimum absolute atomic E-state index is 0.